The Morgan fingerprint density at radius 1 is 1.73 bits per heavy atom. The summed E-state index contributed by atoms with van der Waals surface area (Å²) < 4.78 is 0. The van der Waals surface area contributed by atoms with Crippen LogP contribution in [-0.4, -0.2) is 0 Å². The molecule has 0 saturated heterocycles. The number of hydrogen-bond donors (Lipinski definition) is 1. The largest absolute Gasteiger partial charge is 0.323 e. The van der Waals surface area contributed by atoms with Gasteiger partial charge in [0.25, 0.3) is 0 Å². The Morgan fingerprint density at radius 2 is 2.45 bits per heavy atom. The lowest BCUT2D eigenvalue weighted by Gasteiger charge is -2.02. The first-order valence-corrected chi connectivity index (χ1v) is 4.35. The average Bonchev–Trinajstić information content (AvgIpc) is 2.50. The molecule has 1 atom stereocenters. The lowest BCUT2D eigenvalue weighted by atomic mass is 10.2. The molecule has 0 saturated carbocycles. The fourth-order valence-electron chi connectivity index (χ4n) is 0.813. The molecular formula is C8H10N2S. The number of rotatable bonds is 2. The molecular weight excluding hydrogens is 156 g/mol. The normalized spacial score (nSPS) is 12.5. The minimum atomic E-state index is 0.0992. The van der Waals surface area contributed by atoms with Crippen LogP contribution in [-0.2, 0) is 0 Å². The summed E-state index contributed by atoms with van der Waals surface area (Å²) in [5.74, 6) is 0. The van der Waals surface area contributed by atoms with Crippen molar-refractivity contribution in [2.24, 2.45) is 5.73 Å². The maximum absolute atomic E-state index is 8.53. The Bertz CT molecular complexity index is 272. The van der Waals surface area contributed by atoms with E-state index < -0.39 is 0 Å². The van der Waals surface area contributed by atoms with Crippen LogP contribution in [0.5, 0.6) is 0 Å². The third-order valence-corrected chi connectivity index (χ3v) is 2.66. The van der Waals surface area contributed by atoms with E-state index >= 15 is 0 Å². The summed E-state index contributed by atoms with van der Waals surface area (Å²) in [7, 11) is 0. The summed E-state index contributed by atoms with van der Waals surface area (Å²) in [5.41, 5.74) is 5.76. The summed E-state index contributed by atoms with van der Waals surface area (Å²) in [4.78, 5) is 1.84. The number of nitrogens with two attached hydrogens (primary N) is 1. The van der Waals surface area contributed by atoms with Gasteiger partial charge < -0.3 is 5.73 Å². The van der Waals surface area contributed by atoms with Crippen LogP contribution in [0.4, 0.5) is 0 Å². The van der Waals surface area contributed by atoms with E-state index in [2.05, 4.69) is 6.07 Å². The highest BCUT2D eigenvalue weighted by atomic mass is 32.1. The van der Waals surface area contributed by atoms with Crippen LogP contribution in [0.3, 0.4) is 0 Å². The van der Waals surface area contributed by atoms with Crippen LogP contribution in [0.2, 0.25) is 0 Å². The second kappa shape index (κ2) is 3.51. The first-order chi connectivity index (χ1) is 5.27. The van der Waals surface area contributed by atoms with Gasteiger partial charge in [-0.15, -0.1) is 11.3 Å². The molecule has 0 aliphatic carbocycles. The maximum atomic E-state index is 8.53. The average molecular weight is 166 g/mol. The van der Waals surface area contributed by atoms with E-state index in [0.29, 0.717) is 0 Å². The first-order valence-electron chi connectivity index (χ1n) is 3.53. The van der Waals surface area contributed by atoms with Crippen LogP contribution in [0.15, 0.2) is 12.1 Å². The van der Waals surface area contributed by atoms with Crippen molar-refractivity contribution in [3.63, 3.8) is 0 Å². The van der Waals surface area contributed by atoms with E-state index in [9.17, 15) is 0 Å². The van der Waals surface area contributed by atoms with E-state index in [-0.39, 0.29) is 6.04 Å². The highest BCUT2D eigenvalue weighted by Crippen LogP contribution is 2.22. The Morgan fingerprint density at radius 3 is 2.91 bits per heavy atom. The number of thiophene rings is 1. The number of nitriles is 1. The van der Waals surface area contributed by atoms with Gasteiger partial charge in [-0.1, -0.05) is 6.92 Å². The van der Waals surface area contributed by atoms with Gasteiger partial charge in [0.15, 0.2) is 0 Å². The van der Waals surface area contributed by atoms with Crippen LogP contribution in [0, 0.1) is 11.3 Å². The quantitative estimate of drug-likeness (QED) is 0.730. The van der Waals surface area contributed by atoms with Crippen LogP contribution >= 0.6 is 11.3 Å². The van der Waals surface area contributed by atoms with Gasteiger partial charge in [0.2, 0.25) is 0 Å². The van der Waals surface area contributed by atoms with Gasteiger partial charge in [-0.05, 0) is 18.6 Å². The van der Waals surface area contributed by atoms with Gasteiger partial charge in [0.1, 0.15) is 10.9 Å². The van der Waals surface area contributed by atoms with Crippen molar-refractivity contribution in [2.75, 3.05) is 0 Å². The molecule has 0 spiro atoms. The Labute approximate surface area is 70.3 Å². The molecule has 0 amide bonds. The van der Waals surface area contributed by atoms with E-state index in [1.165, 1.54) is 11.3 Å². The third kappa shape index (κ3) is 1.79. The van der Waals surface area contributed by atoms with Gasteiger partial charge in [-0.3, -0.25) is 0 Å². The van der Waals surface area contributed by atoms with Crippen LogP contribution < -0.4 is 5.73 Å². The molecule has 1 aromatic heterocycles. The fourth-order valence-corrected chi connectivity index (χ4v) is 1.70. The first kappa shape index (κ1) is 8.25. The highest BCUT2D eigenvalue weighted by molar-refractivity contribution is 7.12. The van der Waals surface area contributed by atoms with Gasteiger partial charge in [0.05, 0.1) is 0 Å². The Balaban J connectivity index is 2.82. The molecule has 0 unspecified atom stereocenters. The highest BCUT2D eigenvalue weighted by Gasteiger charge is 2.05. The molecule has 0 aromatic carbocycles. The number of nitrogens with zero attached hydrogens (tertiary/aromatic N) is 1. The molecule has 0 aliphatic rings. The topological polar surface area (TPSA) is 49.8 Å². The van der Waals surface area contributed by atoms with E-state index in [0.717, 1.165) is 16.2 Å². The zero-order valence-corrected chi connectivity index (χ0v) is 7.19. The molecule has 0 bridgehead atoms. The summed E-state index contributed by atoms with van der Waals surface area (Å²) in [6.07, 6.45) is 0.922. The molecule has 1 heterocycles. The minimum absolute atomic E-state index is 0.0992. The van der Waals surface area contributed by atoms with Crippen molar-refractivity contribution < 1.29 is 0 Å². The molecule has 1 rings (SSSR count). The molecule has 2 N–H and O–H groups in total. The van der Waals surface area contributed by atoms with Gasteiger partial charge in [-0.2, -0.15) is 5.26 Å². The van der Waals surface area contributed by atoms with Crippen molar-refractivity contribution in [3.05, 3.63) is 21.9 Å². The Hall–Kier alpha value is -0.850. The minimum Gasteiger partial charge on any atom is -0.323 e. The zero-order chi connectivity index (χ0) is 8.27. The van der Waals surface area contributed by atoms with Gasteiger partial charge in [-0.25, -0.2) is 0 Å². The van der Waals surface area contributed by atoms with E-state index in [1.807, 2.05) is 19.1 Å². The summed E-state index contributed by atoms with van der Waals surface area (Å²) in [5, 5.41) is 8.53. The fraction of sp³-hybridized carbons (Fsp3) is 0.375. The van der Waals surface area contributed by atoms with Crippen molar-refractivity contribution >= 4 is 11.3 Å². The van der Waals surface area contributed by atoms with Crippen molar-refractivity contribution in [1.82, 2.24) is 0 Å². The SMILES string of the molecule is CC[C@H](N)c1ccc(C#N)s1. The molecule has 0 fully saturated rings. The lowest BCUT2D eigenvalue weighted by Crippen LogP contribution is -2.05. The van der Waals surface area contributed by atoms with Crippen molar-refractivity contribution in [3.8, 4) is 6.07 Å². The smallest absolute Gasteiger partial charge is 0.110 e. The second-order valence-corrected chi connectivity index (χ2v) is 3.44. The maximum Gasteiger partial charge on any atom is 0.110 e. The van der Waals surface area contributed by atoms with E-state index in [1.54, 1.807) is 0 Å². The number of hydrogen-bond acceptors (Lipinski definition) is 3. The lowest BCUT2D eigenvalue weighted by molar-refractivity contribution is 0.712. The zero-order valence-electron chi connectivity index (χ0n) is 6.37. The van der Waals surface area contributed by atoms with E-state index in [4.69, 9.17) is 11.0 Å². The molecule has 0 radical (unpaired) electrons. The van der Waals surface area contributed by atoms with Gasteiger partial charge in [0, 0.05) is 10.9 Å². The summed E-state index contributed by atoms with van der Waals surface area (Å²) in [6.45, 7) is 2.04. The molecule has 0 aliphatic heterocycles. The summed E-state index contributed by atoms with van der Waals surface area (Å²) >= 11 is 1.48. The molecule has 58 valence electrons. The standard InChI is InChI=1S/C8H10N2S/c1-2-7(10)8-4-3-6(5-9)11-8/h3-4,7H,2,10H2,1H3/t7-/m0/s1. The molecule has 11 heavy (non-hydrogen) atoms. The Kier molecular flexibility index (Phi) is 2.64. The van der Waals surface area contributed by atoms with Gasteiger partial charge >= 0.3 is 0 Å². The molecule has 1 aromatic rings. The van der Waals surface area contributed by atoms with Crippen LogP contribution in [0.1, 0.15) is 29.1 Å². The van der Waals surface area contributed by atoms with Crippen molar-refractivity contribution in [1.29, 1.82) is 5.26 Å². The predicted molar refractivity (Wildman–Crippen MR) is 46.3 cm³/mol. The summed E-state index contributed by atoms with van der Waals surface area (Å²) in [6, 6.07) is 5.93. The van der Waals surface area contributed by atoms with Crippen molar-refractivity contribution in [2.45, 2.75) is 19.4 Å². The van der Waals surface area contributed by atoms with Crippen LogP contribution in [0.25, 0.3) is 0 Å². The third-order valence-electron chi connectivity index (χ3n) is 1.54. The molecule has 3 heteroatoms. The second-order valence-electron chi connectivity index (χ2n) is 2.33. The monoisotopic (exact) mass is 166 g/mol. The molecule has 2 nitrogen and oxygen atoms in total. The predicted octanol–water partition coefficient (Wildman–Crippen LogP) is 2.03.